The molecule has 3 rings (SSSR count). The number of carbonyl (C=O) groups excluding carboxylic acids is 1. The molecule has 0 aliphatic rings. The molecule has 0 aliphatic carbocycles. The first kappa shape index (κ1) is 17.5. The average Bonchev–Trinajstić information content (AvgIpc) is 3.06. The SMILES string of the molecule is Cc1ccc(-n2cnc(C(=O)Nc3ccccc3OC(F)(F)F)n2)cc1. The van der Waals surface area contributed by atoms with Crippen LogP contribution in [0, 0.1) is 6.92 Å². The number of anilines is 1. The molecule has 0 spiro atoms. The lowest BCUT2D eigenvalue weighted by Gasteiger charge is -2.13. The monoisotopic (exact) mass is 362 g/mol. The fourth-order valence-corrected chi connectivity index (χ4v) is 2.15. The van der Waals surface area contributed by atoms with Gasteiger partial charge in [-0.05, 0) is 31.2 Å². The zero-order valence-corrected chi connectivity index (χ0v) is 13.5. The van der Waals surface area contributed by atoms with Gasteiger partial charge in [0.15, 0.2) is 5.75 Å². The maximum absolute atomic E-state index is 12.4. The molecule has 6 nitrogen and oxygen atoms in total. The largest absolute Gasteiger partial charge is 0.573 e. The number of nitrogens with zero attached hydrogens (tertiary/aromatic N) is 3. The molecule has 0 atom stereocenters. The summed E-state index contributed by atoms with van der Waals surface area (Å²) in [7, 11) is 0. The van der Waals surface area contributed by atoms with Crippen LogP contribution >= 0.6 is 0 Å². The van der Waals surface area contributed by atoms with Crippen molar-refractivity contribution in [1.29, 1.82) is 0 Å². The maximum Gasteiger partial charge on any atom is 0.573 e. The Hall–Kier alpha value is -3.36. The molecule has 1 heterocycles. The highest BCUT2D eigenvalue weighted by molar-refractivity contribution is 6.02. The summed E-state index contributed by atoms with van der Waals surface area (Å²) in [5, 5.41) is 6.36. The Morgan fingerprint density at radius 1 is 1.12 bits per heavy atom. The summed E-state index contributed by atoms with van der Waals surface area (Å²) in [5.41, 5.74) is 1.62. The molecule has 3 aromatic rings. The molecule has 1 aromatic heterocycles. The van der Waals surface area contributed by atoms with Gasteiger partial charge in [-0.15, -0.1) is 18.3 Å². The van der Waals surface area contributed by atoms with Crippen molar-refractivity contribution in [3.8, 4) is 11.4 Å². The van der Waals surface area contributed by atoms with Crippen LogP contribution in [0.15, 0.2) is 54.9 Å². The minimum absolute atomic E-state index is 0.137. The number of halogens is 3. The number of aromatic nitrogens is 3. The zero-order chi connectivity index (χ0) is 18.7. The van der Waals surface area contributed by atoms with Crippen LogP contribution in [-0.4, -0.2) is 27.0 Å². The quantitative estimate of drug-likeness (QED) is 0.768. The van der Waals surface area contributed by atoms with Gasteiger partial charge in [0.05, 0.1) is 11.4 Å². The number of hydrogen-bond donors (Lipinski definition) is 1. The minimum atomic E-state index is -4.87. The number of nitrogens with one attached hydrogen (secondary N) is 1. The lowest BCUT2D eigenvalue weighted by molar-refractivity contribution is -0.274. The third-order valence-electron chi connectivity index (χ3n) is 3.35. The first-order valence-corrected chi connectivity index (χ1v) is 7.47. The predicted molar refractivity (Wildman–Crippen MR) is 87.2 cm³/mol. The fourth-order valence-electron chi connectivity index (χ4n) is 2.15. The van der Waals surface area contributed by atoms with Crippen LogP contribution in [0.5, 0.6) is 5.75 Å². The van der Waals surface area contributed by atoms with Crippen molar-refractivity contribution in [2.45, 2.75) is 13.3 Å². The highest BCUT2D eigenvalue weighted by atomic mass is 19.4. The Morgan fingerprint density at radius 2 is 1.81 bits per heavy atom. The second-order valence-electron chi connectivity index (χ2n) is 5.35. The topological polar surface area (TPSA) is 69.0 Å². The van der Waals surface area contributed by atoms with E-state index in [4.69, 9.17) is 0 Å². The zero-order valence-electron chi connectivity index (χ0n) is 13.5. The van der Waals surface area contributed by atoms with Crippen molar-refractivity contribution in [1.82, 2.24) is 14.8 Å². The number of carbonyl (C=O) groups is 1. The molecule has 9 heteroatoms. The van der Waals surface area contributed by atoms with Gasteiger partial charge in [0.2, 0.25) is 5.82 Å². The first-order valence-electron chi connectivity index (χ1n) is 7.47. The van der Waals surface area contributed by atoms with E-state index in [1.54, 1.807) is 12.1 Å². The lowest BCUT2D eigenvalue weighted by atomic mass is 10.2. The van der Waals surface area contributed by atoms with Crippen LogP contribution in [0.3, 0.4) is 0 Å². The molecule has 0 bridgehead atoms. The summed E-state index contributed by atoms with van der Waals surface area (Å²) in [6, 6.07) is 12.6. The number of aryl methyl sites for hydroxylation is 1. The van der Waals surface area contributed by atoms with Gasteiger partial charge in [0, 0.05) is 0 Å². The number of alkyl halides is 3. The van der Waals surface area contributed by atoms with Gasteiger partial charge in [-0.3, -0.25) is 4.79 Å². The molecule has 0 unspecified atom stereocenters. The standard InChI is InChI=1S/C17H13F3N4O2/c1-11-6-8-12(9-7-11)24-10-21-15(23-24)16(25)22-13-4-2-3-5-14(13)26-17(18,19)20/h2-10H,1H3,(H,22,25). The van der Waals surface area contributed by atoms with Gasteiger partial charge in [-0.1, -0.05) is 29.8 Å². The Kier molecular flexibility index (Phi) is 4.61. The normalized spacial score (nSPS) is 11.2. The van der Waals surface area contributed by atoms with Crippen LogP contribution in [-0.2, 0) is 0 Å². The van der Waals surface area contributed by atoms with Gasteiger partial charge in [-0.2, -0.15) is 0 Å². The molecule has 1 amide bonds. The van der Waals surface area contributed by atoms with Crippen molar-refractivity contribution in [3.05, 3.63) is 66.2 Å². The van der Waals surface area contributed by atoms with E-state index < -0.39 is 18.0 Å². The van der Waals surface area contributed by atoms with E-state index in [2.05, 4.69) is 20.1 Å². The van der Waals surface area contributed by atoms with Crippen molar-refractivity contribution in [2.75, 3.05) is 5.32 Å². The van der Waals surface area contributed by atoms with E-state index in [0.29, 0.717) is 5.69 Å². The second kappa shape index (κ2) is 6.87. The summed E-state index contributed by atoms with van der Waals surface area (Å²) in [6.07, 6.45) is -3.52. The molecule has 1 N–H and O–H groups in total. The molecular formula is C17H13F3N4O2. The van der Waals surface area contributed by atoms with E-state index in [0.717, 1.165) is 11.6 Å². The molecule has 2 aromatic carbocycles. The number of para-hydroxylation sites is 2. The van der Waals surface area contributed by atoms with E-state index in [-0.39, 0.29) is 11.5 Å². The Labute approximate surface area is 146 Å². The van der Waals surface area contributed by atoms with Gasteiger partial charge in [-0.25, -0.2) is 9.67 Å². The average molecular weight is 362 g/mol. The summed E-state index contributed by atoms with van der Waals surface area (Å²) < 4.78 is 42.6. The molecular weight excluding hydrogens is 349 g/mol. The van der Waals surface area contributed by atoms with Crippen LogP contribution in [0.2, 0.25) is 0 Å². The number of amides is 1. The van der Waals surface area contributed by atoms with Crippen molar-refractivity contribution in [2.24, 2.45) is 0 Å². The molecule has 0 radical (unpaired) electrons. The maximum atomic E-state index is 12.4. The van der Waals surface area contributed by atoms with Crippen LogP contribution < -0.4 is 10.1 Å². The highest BCUT2D eigenvalue weighted by Gasteiger charge is 2.32. The molecule has 0 aliphatic heterocycles. The smallest absolute Gasteiger partial charge is 0.404 e. The van der Waals surface area contributed by atoms with Crippen molar-refractivity contribution >= 4 is 11.6 Å². The van der Waals surface area contributed by atoms with E-state index in [1.165, 1.54) is 29.2 Å². The van der Waals surface area contributed by atoms with E-state index in [1.807, 2.05) is 19.1 Å². The molecule has 0 fully saturated rings. The summed E-state index contributed by atoms with van der Waals surface area (Å²) in [5.74, 6) is -1.47. The van der Waals surface area contributed by atoms with Crippen LogP contribution in [0.25, 0.3) is 5.69 Å². The van der Waals surface area contributed by atoms with Gasteiger partial charge in [0.1, 0.15) is 6.33 Å². The summed E-state index contributed by atoms with van der Waals surface area (Å²) in [4.78, 5) is 16.1. The van der Waals surface area contributed by atoms with E-state index >= 15 is 0 Å². The molecule has 134 valence electrons. The minimum Gasteiger partial charge on any atom is -0.404 e. The molecule has 0 saturated heterocycles. The fraction of sp³-hybridized carbons (Fsp3) is 0.118. The van der Waals surface area contributed by atoms with Crippen LogP contribution in [0.4, 0.5) is 18.9 Å². The number of rotatable bonds is 4. The number of hydrogen-bond acceptors (Lipinski definition) is 4. The van der Waals surface area contributed by atoms with E-state index in [9.17, 15) is 18.0 Å². The van der Waals surface area contributed by atoms with Crippen molar-refractivity contribution in [3.63, 3.8) is 0 Å². The van der Waals surface area contributed by atoms with Gasteiger partial charge in [0.25, 0.3) is 5.91 Å². The molecule has 0 saturated carbocycles. The second-order valence-corrected chi connectivity index (χ2v) is 5.35. The van der Waals surface area contributed by atoms with Gasteiger partial charge >= 0.3 is 6.36 Å². The van der Waals surface area contributed by atoms with Gasteiger partial charge < -0.3 is 10.1 Å². The Balaban J connectivity index is 1.78. The third kappa shape index (κ3) is 4.18. The molecule has 26 heavy (non-hydrogen) atoms. The Bertz CT molecular complexity index is 920. The van der Waals surface area contributed by atoms with Crippen LogP contribution in [0.1, 0.15) is 16.2 Å². The first-order chi connectivity index (χ1) is 12.3. The predicted octanol–water partition coefficient (Wildman–Crippen LogP) is 3.73. The number of ether oxygens (including phenoxy) is 1. The summed E-state index contributed by atoms with van der Waals surface area (Å²) >= 11 is 0. The lowest BCUT2D eigenvalue weighted by Crippen LogP contribution is -2.20. The Morgan fingerprint density at radius 3 is 2.50 bits per heavy atom. The number of benzene rings is 2. The summed E-state index contributed by atoms with van der Waals surface area (Å²) in [6.45, 7) is 1.93. The van der Waals surface area contributed by atoms with Crippen molar-refractivity contribution < 1.29 is 22.7 Å². The third-order valence-corrected chi connectivity index (χ3v) is 3.35. The highest BCUT2D eigenvalue weighted by Crippen LogP contribution is 2.30.